The van der Waals surface area contributed by atoms with Crippen LogP contribution < -0.4 is 20.7 Å². The molecule has 2 atom stereocenters. The fourth-order valence-corrected chi connectivity index (χ4v) is 3.97. The van der Waals surface area contributed by atoms with Crippen molar-refractivity contribution in [1.29, 1.82) is 0 Å². The molecule has 0 aliphatic carbocycles. The van der Waals surface area contributed by atoms with Gasteiger partial charge in [-0.05, 0) is 37.9 Å². The number of piperidine rings is 1. The van der Waals surface area contributed by atoms with Crippen LogP contribution in [0, 0.1) is 0 Å². The van der Waals surface area contributed by atoms with Gasteiger partial charge in [0.15, 0.2) is 6.61 Å². The van der Waals surface area contributed by atoms with Crippen LogP contribution >= 0.6 is 0 Å². The van der Waals surface area contributed by atoms with E-state index in [2.05, 4.69) is 16.0 Å². The van der Waals surface area contributed by atoms with E-state index in [-0.39, 0.29) is 48.3 Å². The third kappa shape index (κ3) is 3.78. The summed E-state index contributed by atoms with van der Waals surface area (Å²) < 4.78 is 5.54. The van der Waals surface area contributed by atoms with E-state index in [9.17, 15) is 24.0 Å². The van der Waals surface area contributed by atoms with E-state index in [1.807, 2.05) is 0 Å². The number of ether oxygens (including phenoxy) is 1. The van der Waals surface area contributed by atoms with Crippen LogP contribution in [0.2, 0.25) is 0 Å². The number of fused-ring (bicyclic) bond motifs is 1. The Hall–Kier alpha value is -3.27. The van der Waals surface area contributed by atoms with Crippen molar-refractivity contribution in [2.24, 2.45) is 0 Å². The van der Waals surface area contributed by atoms with Crippen molar-refractivity contribution in [3.05, 3.63) is 29.3 Å². The molecule has 10 heteroatoms. The average Bonchev–Trinajstić information content (AvgIpc) is 3.33. The normalized spacial score (nSPS) is 23.4. The van der Waals surface area contributed by atoms with Crippen LogP contribution in [0.5, 0.6) is 5.75 Å². The first-order chi connectivity index (χ1) is 14.5. The maximum Gasteiger partial charge on any atom is 0.266 e. The molecule has 5 amide bonds. The highest BCUT2D eigenvalue weighted by atomic mass is 16.5. The Balaban J connectivity index is 1.44. The molecular formula is C20H22N4O6. The molecule has 0 bridgehead atoms. The smallest absolute Gasteiger partial charge is 0.266 e. The number of rotatable bonds is 6. The molecule has 3 heterocycles. The zero-order valence-electron chi connectivity index (χ0n) is 16.2. The van der Waals surface area contributed by atoms with Gasteiger partial charge < -0.3 is 15.4 Å². The Morgan fingerprint density at radius 1 is 1.17 bits per heavy atom. The molecule has 2 fully saturated rings. The van der Waals surface area contributed by atoms with E-state index in [0.717, 1.165) is 24.3 Å². The molecular weight excluding hydrogens is 392 g/mol. The lowest BCUT2D eigenvalue weighted by Crippen LogP contribution is -2.54. The molecule has 1 aromatic carbocycles. The summed E-state index contributed by atoms with van der Waals surface area (Å²) in [6.07, 6.45) is 2.19. The van der Waals surface area contributed by atoms with Crippen molar-refractivity contribution in [3.63, 3.8) is 0 Å². The quantitative estimate of drug-likeness (QED) is 0.526. The molecule has 10 nitrogen and oxygen atoms in total. The topological polar surface area (TPSA) is 134 Å². The summed E-state index contributed by atoms with van der Waals surface area (Å²) in [6, 6.07) is 3.72. The second-order valence-electron chi connectivity index (χ2n) is 7.51. The van der Waals surface area contributed by atoms with Crippen LogP contribution in [-0.2, 0) is 14.4 Å². The van der Waals surface area contributed by atoms with Gasteiger partial charge in [0.1, 0.15) is 11.8 Å². The van der Waals surface area contributed by atoms with Gasteiger partial charge in [0, 0.05) is 19.0 Å². The average molecular weight is 414 g/mol. The summed E-state index contributed by atoms with van der Waals surface area (Å²) in [5.41, 5.74) is 0.134. The fraction of sp³-hybridized carbons (Fsp3) is 0.450. The predicted molar refractivity (Wildman–Crippen MR) is 103 cm³/mol. The molecule has 3 aliphatic heterocycles. The third-order valence-corrected chi connectivity index (χ3v) is 5.50. The third-order valence-electron chi connectivity index (χ3n) is 5.50. The SMILES string of the molecule is O=C(COc1cccc2c1C(=O)N(C1CCC(=O)NC1=O)C2=O)NCC1CCCN1. The van der Waals surface area contributed by atoms with E-state index < -0.39 is 29.7 Å². The van der Waals surface area contributed by atoms with Crippen molar-refractivity contribution in [3.8, 4) is 5.75 Å². The van der Waals surface area contributed by atoms with Crippen LogP contribution in [0.3, 0.4) is 0 Å². The van der Waals surface area contributed by atoms with Crippen molar-refractivity contribution in [1.82, 2.24) is 20.9 Å². The Kier molecular flexibility index (Phi) is 5.49. The van der Waals surface area contributed by atoms with Gasteiger partial charge in [-0.3, -0.25) is 34.2 Å². The van der Waals surface area contributed by atoms with E-state index in [4.69, 9.17) is 4.74 Å². The number of hydrogen-bond acceptors (Lipinski definition) is 7. The molecule has 3 N–H and O–H groups in total. The minimum Gasteiger partial charge on any atom is -0.483 e. The van der Waals surface area contributed by atoms with E-state index in [1.165, 1.54) is 12.1 Å². The molecule has 4 rings (SSSR count). The molecule has 0 aromatic heterocycles. The van der Waals surface area contributed by atoms with E-state index in [0.29, 0.717) is 6.54 Å². The molecule has 2 unspecified atom stereocenters. The van der Waals surface area contributed by atoms with Gasteiger partial charge in [-0.15, -0.1) is 0 Å². The lowest BCUT2D eigenvalue weighted by atomic mass is 10.0. The van der Waals surface area contributed by atoms with Gasteiger partial charge in [0.05, 0.1) is 11.1 Å². The molecule has 0 spiro atoms. The Bertz CT molecular complexity index is 924. The van der Waals surface area contributed by atoms with Gasteiger partial charge in [-0.25, -0.2) is 0 Å². The zero-order valence-corrected chi connectivity index (χ0v) is 16.2. The molecule has 30 heavy (non-hydrogen) atoms. The molecule has 3 aliphatic rings. The van der Waals surface area contributed by atoms with E-state index in [1.54, 1.807) is 6.07 Å². The first-order valence-electron chi connectivity index (χ1n) is 9.93. The summed E-state index contributed by atoms with van der Waals surface area (Å²) >= 11 is 0. The molecule has 1 aromatic rings. The number of amides is 5. The molecule has 0 saturated carbocycles. The van der Waals surface area contributed by atoms with Gasteiger partial charge in [0.2, 0.25) is 11.8 Å². The number of imide groups is 2. The standard InChI is InChI=1S/C20H22N4O6/c25-15-7-6-13(18(27)23-15)24-19(28)12-4-1-5-14(17(12)20(24)29)30-10-16(26)22-9-11-3-2-8-21-11/h1,4-5,11,13,21H,2-3,6-10H2,(H,22,26)(H,23,25,27). The van der Waals surface area contributed by atoms with Crippen molar-refractivity contribution in [2.45, 2.75) is 37.8 Å². The van der Waals surface area contributed by atoms with Gasteiger partial charge in [-0.2, -0.15) is 0 Å². The van der Waals surface area contributed by atoms with Crippen LogP contribution in [0.15, 0.2) is 18.2 Å². The highest BCUT2D eigenvalue weighted by Gasteiger charge is 2.46. The first-order valence-corrected chi connectivity index (χ1v) is 9.93. The largest absolute Gasteiger partial charge is 0.483 e. The highest BCUT2D eigenvalue weighted by Crippen LogP contribution is 2.33. The van der Waals surface area contributed by atoms with Crippen LogP contribution in [-0.4, -0.2) is 66.2 Å². The van der Waals surface area contributed by atoms with Crippen molar-refractivity contribution >= 4 is 29.5 Å². The maximum atomic E-state index is 13.0. The van der Waals surface area contributed by atoms with Crippen molar-refractivity contribution < 1.29 is 28.7 Å². The minimum atomic E-state index is -1.05. The van der Waals surface area contributed by atoms with Gasteiger partial charge >= 0.3 is 0 Å². The summed E-state index contributed by atoms with van der Waals surface area (Å²) in [5.74, 6) is -2.63. The summed E-state index contributed by atoms with van der Waals surface area (Å²) in [6.45, 7) is 1.13. The summed E-state index contributed by atoms with van der Waals surface area (Å²) in [4.78, 5) is 62.2. The lowest BCUT2D eigenvalue weighted by Gasteiger charge is -2.27. The number of benzene rings is 1. The van der Waals surface area contributed by atoms with Gasteiger partial charge in [0.25, 0.3) is 17.7 Å². The number of carbonyl (C=O) groups is 5. The lowest BCUT2D eigenvalue weighted by molar-refractivity contribution is -0.136. The zero-order chi connectivity index (χ0) is 21.3. The predicted octanol–water partition coefficient (Wildman–Crippen LogP) is -0.665. The van der Waals surface area contributed by atoms with Crippen LogP contribution in [0.4, 0.5) is 0 Å². The maximum absolute atomic E-state index is 13.0. The summed E-state index contributed by atoms with van der Waals surface area (Å²) in [5, 5.41) is 8.21. The minimum absolute atomic E-state index is 0.0254. The molecule has 2 saturated heterocycles. The molecule has 0 radical (unpaired) electrons. The Morgan fingerprint density at radius 2 is 2.00 bits per heavy atom. The first kappa shape index (κ1) is 20.0. The molecule has 158 valence electrons. The number of carbonyl (C=O) groups excluding carboxylic acids is 5. The van der Waals surface area contributed by atoms with E-state index >= 15 is 0 Å². The Morgan fingerprint density at radius 3 is 2.73 bits per heavy atom. The highest BCUT2D eigenvalue weighted by molar-refractivity contribution is 6.24. The number of nitrogens with one attached hydrogen (secondary N) is 3. The number of hydrogen-bond donors (Lipinski definition) is 3. The van der Waals surface area contributed by atoms with Crippen LogP contribution in [0.1, 0.15) is 46.4 Å². The second kappa shape index (κ2) is 8.23. The summed E-state index contributed by atoms with van der Waals surface area (Å²) in [7, 11) is 0. The second-order valence-corrected chi connectivity index (χ2v) is 7.51. The number of nitrogens with zero attached hydrogens (tertiary/aromatic N) is 1. The van der Waals surface area contributed by atoms with Crippen LogP contribution in [0.25, 0.3) is 0 Å². The Labute approximate surface area is 172 Å². The monoisotopic (exact) mass is 414 g/mol. The fourth-order valence-electron chi connectivity index (χ4n) is 3.97. The van der Waals surface area contributed by atoms with Crippen molar-refractivity contribution in [2.75, 3.05) is 19.7 Å². The van der Waals surface area contributed by atoms with Gasteiger partial charge in [-0.1, -0.05) is 6.07 Å².